The summed E-state index contributed by atoms with van der Waals surface area (Å²) in [6.45, 7) is 4.41. The number of anilines is 1. The summed E-state index contributed by atoms with van der Waals surface area (Å²) in [5.74, 6) is 0. The van der Waals surface area contributed by atoms with E-state index in [-0.39, 0.29) is 10.6 Å². The maximum Gasteiger partial charge on any atom is 0.295 e. The van der Waals surface area contributed by atoms with Crippen molar-refractivity contribution in [3.63, 3.8) is 0 Å². The molecule has 0 aliphatic heterocycles. The second-order valence-electron chi connectivity index (χ2n) is 4.11. The molecule has 0 bridgehead atoms. The largest absolute Gasteiger partial charge is 0.375 e. The summed E-state index contributed by atoms with van der Waals surface area (Å²) in [6.07, 6.45) is 0. The monoisotopic (exact) mass is 262 g/mol. The Morgan fingerprint density at radius 2 is 2.06 bits per heavy atom. The highest BCUT2D eigenvalue weighted by Gasteiger charge is 2.16. The van der Waals surface area contributed by atoms with Gasteiger partial charge >= 0.3 is 0 Å². The van der Waals surface area contributed by atoms with Crippen LogP contribution < -0.4 is 5.32 Å². The van der Waals surface area contributed by atoms with E-state index in [0.29, 0.717) is 17.8 Å². The number of nitro groups is 1. The van der Waals surface area contributed by atoms with Crippen molar-refractivity contribution >= 4 is 22.7 Å². The number of rotatable bonds is 4. The second-order valence-corrected chi connectivity index (χ2v) is 5.11. The Kier molecular flexibility index (Phi) is 3.62. The molecule has 0 atom stereocenters. The summed E-state index contributed by atoms with van der Waals surface area (Å²) in [5, 5.41) is 16.2. The number of thiophene rings is 1. The molecule has 5 heteroatoms. The van der Waals surface area contributed by atoms with Crippen LogP contribution in [0.1, 0.15) is 16.0 Å². The molecular weight excluding hydrogens is 248 g/mol. The molecule has 0 amide bonds. The number of benzene rings is 1. The van der Waals surface area contributed by atoms with Gasteiger partial charge in [-0.1, -0.05) is 12.1 Å². The summed E-state index contributed by atoms with van der Waals surface area (Å²) in [4.78, 5) is 11.9. The number of hydrogen-bond donors (Lipinski definition) is 1. The minimum atomic E-state index is -0.334. The summed E-state index contributed by atoms with van der Waals surface area (Å²) in [6, 6.07) is 7.37. The Morgan fingerprint density at radius 3 is 2.67 bits per heavy atom. The molecule has 0 spiro atoms. The van der Waals surface area contributed by atoms with Gasteiger partial charge in [0.15, 0.2) is 0 Å². The standard InChI is InChI=1S/C13H14N2O2S/c1-9-6-7-18-12(9)8-14-11-5-3-4-10(2)13(11)15(16)17/h3-7,14H,8H2,1-2H3. The molecule has 0 aliphatic carbocycles. The highest BCUT2D eigenvalue weighted by atomic mass is 32.1. The number of hydrogen-bond acceptors (Lipinski definition) is 4. The summed E-state index contributed by atoms with van der Waals surface area (Å²) >= 11 is 1.65. The van der Waals surface area contributed by atoms with Gasteiger partial charge in [0.2, 0.25) is 0 Å². The number of nitro benzene ring substituents is 1. The van der Waals surface area contributed by atoms with Gasteiger partial charge in [0.1, 0.15) is 5.69 Å². The van der Waals surface area contributed by atoms with Gasteiger partial charge in [0.05, 0.1) is 4.92 Å². The van der Waals surface area contributed by atoms with Gasteiger partial charge in [0, 0.05) is 17.0 Å². The predicted molar refractivity (Wildman–Crippen MR) is 74.2 cm³/mol. The Bertz CT molecular complexity index is 578. The van der Waals surface area contributed by atoms with E-state index in [0.717, 1.165) is 0 Å². The minimum absolute atomic E-state index is 0.159. The van der Waals surface area contributed by atoms with Crippen LogP contribution in [0.2, 0.25) is 0 Å². The molecule has 4 nitrogen and oxygen atoms in total. The SMILES string of the molecule is Cc1ccsc1CNc1cccc(C)c1[N+](=O)[O-]. The van der Waals surface area contributed by atoms with Gasteiger partial charge in [0.25, 0.3) is 5.69 Å². The maximum atomic E-state index is 11.0. The lowest BCUT2D eigenvalue weighted by atomic mass is 10.1. The van der Waals surface area contributed by atoms with Crippen LogP contribution in [0.25, 0.3) is 0 Å². The third-order valence-electron chi connectivity index (χ3n) is 2.83. The van der Waals surface area contributed by atoms with Crippen molar-refractivity contribution in [3.05, 3.63) is 55.8 Å². The molecule has 1 aromatic carbocycles. The van der Waals surface area contributed by atoms with Gasteiger partial charge in [-0.05, 0) is 36.9 Å². The van der Waals surface area contributed by atoms with E-state index in [4.69, 9.17) is 0 Å². The molecule has 2 rings (SSSR count). The lowest BCUT2D eigenvalue weighted by Gasteiger charge is -2.08. The quantitative estimate of drug-likeness (QED) is 0.672. The van der Waals surface area contributed by atoms with Gasteiger partial charge in [-0.3, -0.25) is 10.1 Å². The van der Waals surface area contributed by atoms with Crippen LogP contribution >= 0.6 is 11.3 Å². The van der Waals surface area contributed by atoms with Crippen LogP contribution in [-0.4, -0.2) is 4.92 Å². The molecule has 1 N–H and O–H groups in total. The molecule has 0 radical (unpaired) electrons. The molecule has 2 aromatic rings. The first kappa shape index (κ1) is 12.6. The Morgan fingerprint density at radius 1 is 1.28 bits per heavy atom. The predicted octanol–water partition coefficient (Wildman–Crippen LogP) is 3.89. The third-order valence-corrected chi connectivity index (χ3v) is 3.85. The van der Waals surface area contributed by atoms with Crippen LogP contribution in [-0.2, 0) is 6.54 Å². The molecule has 0 aliphatic rings. The van der Waals surface area contributed by atoms with Gasteiger partial charge in [-0.2, -0.15) is 0 Å². The third kappa shape index (κ3) is 2.51. The molecule has 18 heavy (non-hydrogen) atoms. The fourth-order valence-electron chi connectivity index (χ4n) is 1.80. The second kappa shape index (κ2) is 5.18. The maximum absolute atomic E-state index is 11.0. The first-order valence-corrected chi connectivity index (χ1v) is 6.48. The fourth-order valence-corrected chi connectivity index (χ4v) is 2.65. The van der Waals surface area contributed by atoms with Crippen LogP contribution in [0.4, 0.5) is 11.4 Å². The van der Waals surface area contributed by atoms with Gasteiger partial charge in [-0.25, -0.2) is 0 Å². The zero-order valence-corrected chi connectivity index (χ0v) is 11.1. The summed E-state index contributed by atoms with van der Waals surface area (Å²) in [5.41, 5.74) is 2.62. The average molecular weight is 262 g/mol. The lowest BCUT2D eigenvalue weighted by molar-refractivity contribution is -0.384. The van der Waals surface area contributed by atoms with Crippen LogP contribution in [0, 0.1) is 24.0 Å². The fraction of sp³-hybridized carbons (Fsp3) is 0.231. The summed E-state index contributed by atoms with van der Waals surface area (Å²) in [7, 11) is 0. The number of aryl methyl sites for hydroxylation is 2. The molecule has 0 fully saturated rings. The average Bonchev–Trinajstić information content (AvgIpc) is 2.71. The highest BCUT2D eigenvalue weighted by molar-refractivity contribution is 7.10. The van der Waals surface area contributed by atoms with E-state index < -0.39 is 0 Å². The number of nitrogens with one attached hydrogen (secondary N) is 1. The lowest BCUT2D eigenvalue weighted by Crippen LogP contribution is -2.03. The molecule has 0 saturated carbocycles. The summed E-state index contributed by atoms with van der Waals surface area (Å²) < 4.78 is 0. The zero-order chi connectivity index (χ0) is 13.1. The van der Waals surface area contributed by atoms with Crippen molar-refractivity contribution in [2.45, 2.75) is 20.4 Å². The van der Waals surface area contributed by atoms with E-state index >= 15 is 0 Å². The van der Waals surface area contributed by atoms with Crippen molar-refractivity contribution in [1.29, 1.82) is 0 Å². The first-order chi connectivity index (χ1) is 8.59. The van der Waals surface area contributed by atoms with Crippen LogP contribution in [0.15, 0.2) is 29.6 Å². The topological polar surface area (TPSA) is 55.2 Å². The molecular formula is C13H14N2O2S. The number of para-hydroxylation sites is 1. The molecule has 0 unspecified atom stereocenters. The van der Waals surface area contributed by atoms with Crippen molar-refractivity contribution in [1.82, 2.24) is 0 Å². The van der Waals surface area contributed by atoms with Crippen molar-refractivity contribution < 1.29 is 4.92 Å². The highest BCUT2D eigenvalue weighted by Crippen LogP contribution is 2.29. The molecule has 1 aromatic heterocycles. The minimum Gasteiger partial charge on any atom is -0.375 e. The normalized spacial score (nSPS) is 10.3. The van der Waals surface area contributed by atoms with Crippen LogP contribution in [0.3, 0.4) is 0 Å². The van der Waals surface area contributed by atoms with E-state index in [2.05, 4.69) is 5.32 Å². The van der Waals surface area contributed by atoms with Crippen molar-refractivity contribution in [2.75, 3.05) is 5.32 Å². The van der Waals surface area contributed by atoms with E-state index in [9.17, 15) is 10.1 Å². The Hall–Kier alpha value is -1.88. The Balaban J connectivity index is 2.22. The first-order valence-electron chi connectivity index (χ1n) is 5.60. The van der Waals surface area contributed by atoms with Gasteiger partial charge in [-0.15, -0.1) is 11.3 Å². The van der Waals surface area contributed by atoms with Crippen LogP contribution in [0.5, 0.6) is 0 Å². The molecule has 0 saturated heterocycles. The number of nitrogens with zero attached hydrogens (tertiary/aromatic N) is 1. The Labute approximate surface area is 109 Å². The van der Waals surface area contributed by atoms with E-state index in [1.165, 1.54) is 10.4 Å². The smallest absolute Gasteiger partial charge is 0.295 e. The zero-order valence-electron chi connectivity index (χ0n) is 10.3. The molecule has 94 valence electrons. The van der Waals surface area contributed by atoms with Gasteiger partial charge < -0.3 is 5.32 Å². The van der Waals surface area contributed by atoms with E-state index in [1.54, 1.807) is 30.4 Å². The molecule has 1 heterocycles. The van der Waals surface area contributed by atoms with Crippen molar-refractivity contribution in [2.24, 2.45) is 0 Å². The van der Waals surface area contributed by atoms with E-state index in [1.807, 2.05) is 24.4 Å². The van der Waals surface area contributed by atoms with Crippen molar-refractivity contribution in [3.8, 4) is 0 Å².